The Bertz CT molecular complexity index is 3940. The number of fused-ring (bicyclic) bond motifs is 4. The molecule has 0 spiro atoms. The second-order valence-corrected chi connectivity index (χ2v) is 21.2. The monoisotopic (exact) mass is 1170 g/mol. The third kappa shape index (κ3) is 9.72. The average Bonchev–Trinajstić information content (AvgIpc) is 3.99. The van der Waals surface area contributed by atoms with Crippen molar-refractivity contribution < 1.29 is 36.0 Å². The van der Waals surface area contributed by atoms with Crippen molar-refractivity contribution in [1.82, 2.24) is 18.7 Å². The van der Waals surface area contributed by atoms with Gasteiger partial charge in [-0.3, -0.25) is 0 Å². The number of para-hydroxylation sites is 4. The van der Waals surface area contributed by atoms with E-state index < -0.39 is 17.5 Å². The van der Waals surface area contributed by atoms with Crippen LogP contribution in [0.15, 0.2) is 170 Å². The van der Waals surface area contributed by atoms with E-state index in [-0.39, 0.29) is 38.3 Å². The number of nitrogens with zero attached hydrogens (tertiary/aromatic N) is 4. The van der Waals surface area contributed by atoms with E-state index in [2.05, 4.69) is 132 Å². The average molecular weight is 1170 g/mol. The number of ether oxygens (including phenoxy) is 1. The van der Waals surface area contributed by atoms with Crippen molar-refractivity contribution in [1.29, 1.82) is 0 Å². The summed E-state index contributed by atoms with van der Waals surface area (Å²) in [5.41, 5.74) is 13.7. The number of aromatic nitrogens is 2. The van der Waals surface area contributed by atoms with E-state index in [1.807, 2.05) is 114 Å². The fraction of sp³-hybridized carbons (Fsp3) is 0.194. The van der Waals surface area contributed by atoms with Gasteiger partial charge >= 0.3 is 27.1 Å². The molecule has 0 unspecified atom stereocenters. The molecular weight excluding hydrogens is 1110 g/mol. The maximum absolute atomic E-state index is 15.3. The molecule has 0 aliphatic carbocycles. The molecule has 75 heavy (non-hydrogen) atoms. The first-order valence-corrected chi connectivity index (χ1v) is 25.4. The normalized spacial score (nSPS) is 12.7. The molecule has 0 fully saturated rings. The van der Waals surface area contributed by atoms with Crippen LogP contribution in [-0.4, -0.2) is 15.6 Å². The van der Waals surface area contributed by atoms with E-state index in [4.69, 9.17) is 9.72 Å². The van der Waals surface area contributed by atoms with Crippen molar-refractivity contribution in [2.24, 2.45) is 0 Å². The van der Waals surface area contributed by atoms with Crippen LogP contribution in [-0.2, 0) is 26.5 Å². The molecule has 3 heterocycles. The van der Waals surface area contributed by atoms with Crippen molar-refractivity contribution in [3.63, 3.8) is 0 Å². The van der Waals surface area contributed by atoms with Gasteiger partial charge in [0.2, 0.25) is 5.69 Å². The third-order valence-electron chi connectivity index (χ3n) is 14.1. The predicted molar refractivity (Wildman–Crippen MR) is 301 cm³/mol. The number of halogens is 2. The summed E-state index contributed by atoms with van der Waals surface area (Å²) in [6, 6.07) is 64.0. The summed E-state index contributed by atoms with van der Waals surface area (Å²) in [5.74, 6) is -0.0659. The van der Waals surface area contributed by atoms with Crippen LogP contribution in [0.1, 0.15) is 104 Å². The molecule has 0 saturated heterocycles. The summed E-state index contributed by atoms with van der Waals surface area (Å²) in [5, 5.41) is 2.09. The van der Waals surface area contributed by atoms with E-state index >= 15 is 8.78 Å². The molecule has 8 heteroatoms. The van der Waals surface area contributed by atoms with E-state index in [0.717, 1.165) is 72.9 Å². The molecule has 1 aliphatic heterocycles. The van der Waals surface area contributed by atoms with Gasteiger partial charge in [-0.1, -0.05) is 163 Å². The molecule has 0 atom stereocenters. The molecule has 5 nitrogen and oxygen atoms in total. The number of hydrogen-bond acceptors (Lipinski definition) is 2. The number of benzene rings is 8. The van der Waals surface area contributed by atoms with Crippen LogP contribution in [0.25, 0.3) is 61.0 Å². The van der Waals surface area contributed by atoms with Gasteiger partial charge in [0.25, 0.3) is 11.4 Å². The Morgan fingerprint density at radius 3 is 1.89 bits per heavy atom. The van der Waals surface area contributed by atoms with Crippen molar-refractivity contribution in [3.8, 4) is 50.7 Å². The van der Waals surface area contributed by atoms with Crippen LogP contribution in [0.2, 0.25) is 0 Å². The molecule has 0 N–H and O–H groups in total. The summed E-state index contributed by atoms with van der Waals surface area (Å²) in [6.45, 7) is 19.2. The minimum Gasteiger partial charge on any atom is -0.509 e. The zero-order chi connectivity index (χ0) is 52.5. The topological polar surface area (TPSA) is 33.1 Å². The molecule has 1 aliphatic rings. The second kappa shape index (κ2) is 20.3. The summed E-state index contributed by atoms with van der Waals surface area (Å²) in [4.78, 5) is 4.89. The van der Waals surface area contributed by atoms with Gasteiger partial charge in [0.1, 0.15) is 23.1 Å². The van der Waals surface area contributed by atoms with Gasteiger partial charge in [-0.2, -0.15) is 6.07 Å². The van der Waals surface area contributed by atoms with Crippen LogP contribution in [0, 0.1) is 23.8 Å². The van der Waals surface area contributed by atoms with Crippen LogP contribution < -0.4 is 13.9 Å². The molecule has 8 aromatic carbocycles. The minimum atomic E-state index is -0.935. The van der Waals surface area contributed by atoms with Gasteiger partial charge in [0.05, 0.1) is 11.1 Å². The second-order valence-electron chi connectivity index (χ2n) is 21.2. The van der Waals surface area contributed by atoms with E-state index in [9.17, 15) is 1.37 Å². The van der Waals surface area contributed by atoms with Crippen LogP contribution in [0.3, 0.4) is 0 Å². The molecule has 0 bridgehead atoms. The number of rotatable bonds is 11. The standard InChI is InChI=1S/C67H58F2N4O.Pt/c1-41(2)44-29-45(42(3)4)31-46(30-44)57-20-16-21-58(47-32-50(68)37-51(69)33-47)66(57)72-40-71(62-23-14-15-24-63(62)72)52-34-48(56-18-11-10-17-55(56)43(5)6)35-54(38-52)74-53-25-26-60-59-19-12-13-22-61(59)73(64(60)39-53)65-36-49(27-28-70-65)67(7,8)9;/h10-37,41-43H,1-9H3;/q;+2/i43D;. The van der Waals surface area contributed by atoms with E-state index in [1.54, 1.807) is 0 Å². The van der Waals surface area contributed by atoms with Gasteiger partial charge in [0.15, 0.2) is 0 Å². The van der Waals surface area contributed by atoms with E-state index in [0.29, 0.717) is 34.0 Å². The summed E-state index contributed by atoms with van der Waals surface area (Å²) in [6.07, 6.45) is 1.87. The van der Waals surface area contributed by atoms with Gasteiger partial charge in [0, 0.05) is 42.8 Å². The predicted octanol–water partition coefficient (Wildman–Crippen LogP) is 18.4. The van der Waals surface area contributed by atoms with Crippen molar-refractivity contribution in [3.05, 3.63) is 216 Å². The van der Waals surface area contributed by atoms with E-state index in [1.165, 1.54) is 28.8 Å². The number of pyridine rings is 1. The molecule has 10 aromatic rings. The Kier molecular flexibility index (Phi) is 13.4. The molecule has 374 valence electrons. The quantitative estimate of drug-likeness (QED) is 0.0955. The van der Waals surface area contributed by atoms with Gasteiger partial charge in [-0.05, 0) is 115 Å². The first-order chi connectivity index (χ1) is 35.9. The maximum atomic E-state index is 15.3. The minimum absolute atomic E-state index is 0. The van der Waals surface area contributed by atoms with Crippen molar-refractivity contribution in [2.75, 3.05) is 0 Å². The smallest absolute Gasteiger partial charge is 0.509 e. The largest absolute Gasteiger partial charge is 2.00 e. The Labute approximate surface area is 454 Å². The van der Waals surface area contributed by atoms with Gasteiger partial charge in [-0.15, -0.1) is 29.1 Å². The van der Waals surface area contributed by atoms with Gasteiger partial charge in [-0.25, -0.2) is 13.8 Å². The fourth-order valence-electron chi connectivity index (χ4n) is 10.2. The summed E-state index contributed by atoms with van der Waals surface area (Å²) in [7, 11) is 0. The molecule has 11 rings (SSSR count). The molecule has 0 radical (unpaired) electrons. The maximum Gasteiger partial charge on any atom is 2.00 e. The molecule has 2 aromatic heterocycles. The van der Waals surface area contributed by atoms with Gasteiger partial charge < -0.3 is 9.30 Å². The Hall–Kier alpha value is -7.56. The molecular formula is C67H58F2N4OPt+2. The Morgan fingerprint density at radius 2 is 1.21 bits per heavy atom. The summed E-state index contributed by atoms with van der Waals surface area (Å²) >= 11 is 0. The van der Waals surface area contributed by atoms with Crippen LogP contribution in [0.5, 0.6) is 11.5 Å². The first kappa shape index (κ1) is 49.6. The summed E-state index contributed by atoms with van der Waals surface area (Å²) < 4.78 is 52.9. The van der Waals surface area contributed by atoms with Crippen molar-refractivity contribution in [2.45, 2.75) is 85.5 Å². The zero-order valence-corrected chi connectivity index (χ0v) is 45.9. The Morgan fingerprint density at radius 1 is 0.600 bits per heavy atom. The SMILES string of the molecule is [2H]C(C)(C)c1ccccc1-c1cc(Oc2[c-]c3c(cc2)c2ccccc2n3-c2cc(C(C)(C)C)ccn2)[c-]c([N+]2=C=[N+](c3c(-c4cc(F)cc(F)c4)cccc3-c3cc(C(C)C)cc(C(C)C)c3)c3ccccc32)c1.[Pt+2]. The van der Waals surface area contributed by atoms with Crippen LogP contribution in [0.4, 0.5) is 31.5 Å². The molecule has 0 amide bonds. The Balaban J connectivity index is 0.00000657. The zero-order valence-electron chi connectivity index (χ0n) is 44.6. The first-order valence-electron chi connectivity index (χ1n) is 25.9. The molecule has 0 saturated carbocycles. The fourth-order valence-corrected chi connectivity index (χ4v) is 10.2. The number of hydrogen-bond donors (Lipinski definition) is 0. The third-order valence-corrected chi connectivity index (χ3v) is 14.1. The van der Waals surface area contributed by atoms with Crippen LogP contribution >= 0.6 is 0 Å². The van der Waals surface area contributed by atoms with Crippen molar-refractivity contribution >= 4 is 50.6 Å².